The summed E-state index contributed by atoms with van der Waals surface area (Å²) < 4.78 is 54.1. The Balaban J connectivity index is 1.51. The number of amides is 2. The van der Waals surface area contributed by atoms with Gasteiger partial charge in [-0.3, -0.25) is 0 Å². The van der Waals surface area contributed by atoms with Gasteiger partial charge in [0.2, 0.25) is 0 Å². The van der Waals surface area contributed by atoms with Gasteiger partial charge in [0, 0.05) is 13.1 Å². The van der Waals surface area contributed by atoms with Crippen molar-refractivity contribution in [1.29, 1.82) is 0 Å². The molecule has 0 unspecified atom stereocenters. The van der Waals surface area contributed by atoms with E-state index in [1.165, 1.54) is 12.1 Å². The molecule has 0 aromatic heterocycles. The zero-order valence-electron chi connectivity index (χ0n) is 16.7. The van der Waals surface area contributed by atoms with E-state index in [1.54, 1.807) is 19.1 Å². The highest BCUT2D eigenvalue weighted by Gasteiger charge is 2.30. The van der Waals surface area contributed by atoms with Crippen molar-refractivity contribution in [1.82, 2.24) is 10.2 Å². The Morgan fingerprint density at radius 1 is 1.10 bits per heavy atom. The molecule has 2 aromatic carbocycles. The number of hydrogen-bond donors (Lipinski definition) is 1. The summed E-state index contributed by atoms with van der Waals surface area (Å²) >= 11 is 0. The third kappa shape index (κ3) is 5.08. The number of benzene rings is 2. The Morgan fingerprint density at radius 3 is 2.47 bits per heavy atom. The molecule has 162 valence electrons. The third-order valence-electron chi connectivity index (χ3n) is 4.81. The molecule has 1 heterocycles. The Bertz CT molecular complexity index is 902. The molecule has 0 saturated heterocycles. The molecule has 0 saturated carbocycles. The number of methoxy groups -OCH3 is 2. The van der Waals surface area contributed by atoms with Gasteiger partial charge in [0.15, 0.2) is 11.5 Å². The van der Waals surface area contributed by atoms with Crippen LogP contribution in [-0.4, -0.2) is 44.8 Å². The van der Waals surface area contributed by atoms with E-state index in [-0.39, 0.29) is 24.9 Å². The maximum absolute atomic E-state index is 12.7. The van der Waals surface area contributed by atoms with Gasteiger partial charge in [0.05, 0.1) is 26.3 Å². The molecular weight excluding hydrogens is 401 g/mol. The summed E-state index contributed by atoms with van der Waals surface area (Å²) in [5, 5.41) is 2.73. The van der Waals surface area contributed by atoms with Gasteiger partial charge in [-0.1, -0.05) is 6.07 Å². The molecule has 0 bridgehead atoms. The molecule has 3 rings (SSSR count). The lowest BCUT2D eigenvalue weighted by molar-refractivity contribution is -0.137. The Kier molecular flexibility index (Phi) is 6.59. The van der Waals surface area contributed by atoms with Gasteiger partial charge >= 0.3 is 12.2 Å². The molecule has 30 heavy (non-hydrogen) atoms. The molecule has 6 nitrogen and oxygen atoms in total. The van der Waals surface area contributed by atoms with Crippen molar-refractivity contribution in [2.75, 3.05) is 33.9 Å². The van der Waals surface area contributed by atoms with Crippen LogP contribution in [0, 0.1) is 0 Å². The van der Waals surface area contributed by atoms with Gasteiger partial charge in [-0.25, -0.2) is 4.79 Å². The van der Waals surface area contributed by atoms with E-state index in [0.717, 1.165) is 23.3 Å². The van der Waals surface area contributed by atoms with Gasteiger partial charge in [0.1, 0.15) is 12.4 Å². The normalized spacial score (nSPS) is 13.4. The lowest BCUT2D eigenvalue weighted by atomic mass is 9.99. The van der Waals surface area contributed by atoms with E-state index < -0.39 is 11.7 Å². The molecule has 1 aliphatic rings. The van der Waals surface area contributed by atoms with Crippen LogP contribution in [0.2, 0.25) is 0 Å². The second-order valence-electron chi connectivity index (χ2n) is 6.75. The third-order valence-corrected chi connectivity index (χ3v) is 4.81. The van der Waals surface area contributed by atoms with Crippen molar-refractivity contribution in [3.05, 3.63) is 53.1 Å². The number of nitrogens with one attached hydrogen (secondary N) is 1. The highest BCUT2D eigenvalue weighted by molar-refractivity contribution is 5.74. The minimum atomic E-state index is -4.43. The van der Waals surface area contributed by atoms with Crippen molar-refractivity contribution in [2.45, 2.75) is 19.1 Å². The number of ether oxygens (including phenoxy) is 3. The Labute approximate surface area is 172 Å². The molecule has 1 N–H and O–H groups in total. The smallest absolute Gasteiger partial charge is 0.416 e. The fraction of sp³-hybridized carbons (Fsp3) is 0.381. The summed E-state index contributed by atoms with van der Waals surface area (Å²) in [6, 6.07) is 8.17. The molecular formula is C21H23F3N2O4. The summed E-state index contributed by atoms with van der Waals surface area (Å²) in [7, 11) is 3.14. The molecule has 9 heteroatoms. The van der Waals surface area contributed by atoms with Crippen molar-refractivity contribution in [3.63, 3.8) is 0 Å². The molecule has 0 fully saturated rings. The van der Waals surface area contributed by atoms with Crippen LogP contribution in [-0.2, 0) is 19.1 Å². The van der Waals surface area contributed by atoms with Gasteiger partial charge in [-0.05, 0) is 47.9 Å². The van der Waals surface area contributed by atoms with E-state index in [9.17, 15) is 18.0 Å². The first kappa shape index (κ1) is 21.6. The number of halogens is 3. The van der Waals surface area contributed by atoms with Crippen LogP contribution >= 0.6 is 0 Å². The topological polar surface area (TPSA) is 60.0 Å². The van der Waals surface area contributed by atoms with Crippen LogP contribution in [0.15, 0.2) is 36.4 Å². The zero-order chi connectivity index (χ0) is 21.7. The molecule has 2 amide bonds. The molecule has 0 aliphatic carbocycles. The fourth-order valence-corrected chi connectivity index (χ4v) is 3.26. The molecule has 0 atom stereocenters. The van der Waals surface area contributed by atoms with Crippen LogP contribution in [0.1, 0.15) is 16.7 Å². The average molecular weight is 424 g/mol. The van der Waals surface area contributed by atoms with Gasteiger partial charge in [0.25, 0.3) is 0 Å². The number of carbonyl (C=O) groups excluding carboxylic acids is 1. The van der Waals surface area contributed by atoms with Crippen molar-refractivity contribution < 1.29 is 32.2 Å². The first-order valence-electron chi connectivity index (χ1n) is 9.38. The maximum atomic E-state index is 12.7. The lowest BCUT2D eigenvalue weighted by Gasteiger charge is -2.29. The summed E-state index contributed by atoms with van der Waals surface area (Å²) in [4.78, 5) is 14.1. The van der Waals surface area contributed by atoms with E-state index >= 15 is 0 Å². The molecule has 0 radical (unpaired) electrons. The number of rotatable bonds is 6. The van der Waals surface area contributed by atoms with Crippen molar-refractivity contribution in [3.8, 4) is 17.2 Å². The highest BCUT2D eigenvalue weighted by atomic mass is 19.4. The van der Waals surface area contributed by atoms with Crippen LogP contribution < -0.4 is 19.5 Å². The first-order chi connectivity index (χ1) is 14.3. The van der Waals surface area contributed by atoms with Crippen molar-refractivity contribution >= 4 is 6.03 Å². The van der Waals surface area contributed by atoms with Gasteiger partial charge in [-0.15, -0.1) is 0 Å². The standard InChI is InChI=1S/C21H23F3N2O4/c1-28-18-10-14-6-8-26(13-15(14)11-19(18)29-2)20(27)25-7-9-30-17-5-3-4-16(12-17)21(22,23)24/h3-5,10-12H,6-9,13H2,1-2H3,(H,25,27). The summed E-state index contributed by atoms with van der Waals surface area (Å²) in [5.74, 6) is 1.36. The number of carbonyl (C=O) groups is 1. The predicted octanol–water partition coefficient (Wildman–Crippen LogP) is 3.87. The largest absolute Gasteiger partial charge is 0.493 e. The average Bonchev–Trinajstić information content (AvgIpc) is 2.74. The van der Waals surface area contributed by atoms with Gasteiger partial charge in [-0.2, -0.15) is 13.2 Å². The quantitative estimate of drug-likeness (QED) is 0.716. The van der Waals surface area contributed by atoms with Crippen molar-refractivity contribution in [2.24, 2.45) is 0 Å². The number of hydrogen-bond acceptors (Lipinski definition) is 4. The van der Waals surface area contributed by atoms with E-state index in [4.69, 9.17) is 14.2 Å². The second-order valence-corrected chi connectivity index (χ2v) is 6.75. The number of nitrogens with zero attached hydrogens (tertiary/aromatic N) is 1. The van der Waals surface area contributed by atoms with Crippen LogP contribution in [0.3, 0.4) is 0 Å². The number of urea groups is 1. The second kappa shape index (κ2) is 9.15. The Hall–Kier alpha value is -3.10. The van der Waals surface area contributed by atoms with E-state index in [0.29, 0.717) is 31.0 Å². The lowest BCUT2D eigenvalue weighted by Crippen LogP contribution is -2.43. The predicted molar refractivity (Wildman–Crippen MR) is 104 cm³/mol. The van der Waals surface area contributed by atoms with E-state index in [2.05, 4.69) is 5.32 Å². The molecule has 0 spiro atoms. The zero-order valence-corrected chi connectivity index (χ0v) is 16.7. The first-order valence-corrected chi connectivity index (χ1v) is 9.38. The van der Waals surface area contributed by atoms with E-state index in [1.807, 2.05) is 12.1 Å². The minimum absolute atomic E-state index is 0.0580. The summed E-state index contributed by atoms with van der Waals surface area (Å²) in [5.41, 5.74) is 1.31. The number of alkyl halides is 3. The summed E-state index contributed by atoms with van der Waals surface area (Å²) in [6.45, 7) is 1.20. The van der Waals surface area contributed by atoms with Crippen LogP contribution in [0.5, 0.6) is 17.2 Å². The van der Waals surface area contributed by atoms with Gasteiger partial charge < -0.3 is 24.4 Å². The highest BCUT2D eigenvalue weighted by Crippen LogP contribution is 2.33. The number of fused-ring (bicyclic) bond motifs is 1. The summed E-state index contributed by atoms with van der Waals surface area (Å²) in [6.07, 6.45) is -3.74. The fourth-order valence-electron chi connectivity index (χ4n) is 3.26. The van der Waals surface area contributed by atoms with Crippen LogP contribution in [0.4, 0.5) is 18.0 Å². The van der Waals surface area contributed by atoms with Crippen LogP contribution in [0.25, 0.3) is 0 Å². The Morgan fingerprint density at radius 2 is 1.80 bits per heavy atom. The minimum Gasteiger partial charge on any atom is -0.493 e. The molecule has 2 aromatic rings. The molecule has 1 aliphatic heterocycles. The maximum Gasteiger partial charge on any atom is 0.416 e. The monoisotopic (exact) mass is 424 g/mol. The SMILES string of the molecule is COc1cc2c(cc1OC)CN(C(=O)NCCOc1cccc(C(F)(F)F)c1)CC2.